The number of rotatable bonds is 4. The van der Waals surface area contributed by atoms with E-state index in [-0.39, 0.29) is 5.56 Å². The summed E-state index contributed by atoms with van der Waals surface area (Å²) in [6, 6.07) is 8.52. The topological polar surface area (TPSA) is 12.0 Å². The zero-order chi connectivity index (χ0) is 14.7. The highest BCUT2D eigenvalue weighted by Gasteiger charge is 2.19. The minimum Gasteiger partial charge on any atom is -0.313 e. The first-order valence-electron chi connectivity index (χ1n) is 6.08. The molecular formula is C15H13Cl2F2N. The second kappa shape index (κ2) is 6.53. The number of hydrogen-bond acceptors (Lipinski definition) is 1. The van der Waals surface area contributed by atoms with Gasteiger partial charge >= 0.3 is 0 Å². The SMILES string of the molecule is CNC(Cc1ccc(Cl)c(Cl)c1)c1c(F)cccc1F. The van der Waals surface area contributed by atoms with Gasteiger partial charge in [-0.1, -0.05) is 35.3 Å². The van der Waals surface area contributed by atoms with E-state index in [0.29, 0.717) is 16.5 Å². The van der Waals surface area contributed by atoms with E-state index in [0.717, 1.165) is 5.56 Å². The predicted molar refractivity (Wildman–Crippen MR) is 78.3 cm³/mol. The van der Waals surface area contributed by atoms with Crippen molar-refractivity contribution < 1.29 is 8.78 Å². The van der Waals surface area contributed by atoms with Crippen molar-refractivity contribution in [3.8, 4) is 0 Å². The molecule has 0 amide bonds. The van der Waals surface area contributed by atoms with Crippen molar-refractivity contribution in [2.24, 2.45) is 0 Å². The molecule has 2 rings (SSSR count). The second-order valence-electron chi connectivity index (χ2n) is 4.43. The quantitative estimate of drug-likeness (QED) is 0.856. The van der Waals surface area contributed by atoms with Crippen molar-refractivity contribution >= 4 is 23.2 Å². The highest BCUT2D eigenvalue weighted by molar-refractivity contribution is 6.42. The van der Waals surface area contributed by atoms with Crippen molar-refractivity contribution in [3.05, 3.63) is 69.2 Å². The molecule has 0 saturated carbocycles. The Labute approximate surface area is 126 Å². The third-order valence-electron chi connectivity index (χ3n) is 3.12. The Morgan fingerprint density at radius 3 is 2.25 bits per heavy atom. The molecule has 0 aromatic heterocycles. The normalized spacial score (nSPS) is 12.4. The summed E-state index contributed by atoms with van der Waals surface area (Å²) >= 11 is 11.8. The van der Waals surface area contributed by atoms with Crippen LogP contribution in [0.25, 0.3) is 0 Å². The van der Waals surface area contributed by atoms with Gasteiger partial charge in [0.1, 0.15) is 11.6 Å². The van der Waals surface area contributed by atoms with E-state index in [9.17, 15) is 8.78 Å². The van der Waals surface area contributed by atoms with Crippen LogP contribution in [0.1, 0.15) is 17.2 Å². The lowest BCUT2D eigenvalue weighted by molar-refractivity contribution is 0.489. The van der Waals surface area contributed by atoms with Crippen LogP contribution in [0.15, 0.2) is 36.4 Å². The largest absolute Gasteiger partial charge is 0.313 e. The summed E-state index contributed by atoms with van der Waals surface area (Å²) in [6.07, 6.45) is 0.408. The van der Waals surface area contributed by atoms with E-state index in [1.807, 2.05) is 0 Å². The molecule has 0 fully saturated rings. The molecule has 0 aliphatic carbocycles. The first-order chi connectivity index (χ1) is 9.52. The lowest BCUT2D eigenvalue weighted by Gasteiger charge is -2.18. The maximum atomic E-state index is 13.8. The van der Waals surface area contributed by atoms with Crippen LogP contribution >= 0.6 is 23.2 Å². The minimum atomic E-state index is -0.565. The maximum Gasteiger partial charge on any atom is 0.130 e. The molecule has 106 valence electrons. The fourth-order valence-electron chi connectivity index (χ4n) is 2.09. The summed E-state index contributed by atoms with van der Waals surface area (Å²) in [5.74, 6) is -1.13. The molecule has 1 N–H and O–H groups in total. The van der Waals surface area contributed by atoms with Crippen molar-refractivity contribution in [3.63, 3.8) is 0 Å². The summed E-state index contributed by atoms with van der Waals surface area (Å²) in [7, 11) is 1.66. The van der Waals surface area contributed by atoms with Crippen molar-refractivity contribution in [2.75, 3.05) is 7.05 Å². The summed E-state index contributed by atoms with van der Waals surface area (Å²) in [6.45, 7) is 0. The molecule has 1 unspecified atom stereocenters. The molecule has 5 heteroatoms. The Hall–Kier alpha value is -1.16. The van der Waals surface area contributed by atoms with Gasteiger partial charge in [-0.25, -0.2) is 8.78 Å². The Balaban J connectivity index is 2.31. The second-order valence-corrected chi connectivity index (χ2v) is 5.24. The van der Waals surface area contributed by atoms with Crippen LogP contribution < -0.4 is 5.32 Å². The van der Waals surface area contributed by atoms with E-state index < -0.39 is 17.7 Å². The first kappa shape index (κ1) is 15.2. The van der Waals surface area contributed by atoms with Crippen LogP contribution in [0.5, 0.6) is 0 Å². The van der Waals surface area contributed by atoms with Crippen LogP contribution in [0.2, 0.25) is 10.0 Å². The number of benzene rings is 2. The van der Waals surface area contributed by atoms with Crippen LogP contribution in [0, 0.1) is 11.6 Å². The minimum absolute atomic E-state index is 0.0288. The molecule has 1 nitrogen and oxygen atoms in total. The van der Waals surface area contributed by atoms with Crippen LogP contribution in [0.3, 0.4) is 0 Å². The zero-order valence-corrected chi connectivity index (χ0v) is 12.3. The Morgan fingerprint density at radius 2 is 1.70 bits per heavy atom. The van der Waals surface area contributed by atoms with E-state index in [2.05, 4.69) is 5.32 Å². The molecule has 0 aliphatic heterocycles. The van der Waals surface area contributed by atoms with Gasteiger partial charge in [0.25, 0.3) is 0 Å². The average Bonchev–Trinajstić information content (AvgIpc) is 2.41. The van der Waals surface area contributed by atoms with E-state index >= 15 is 0 Å². The first-order valence-corrected chi connectivity index (χ1v) is 6.83. The van der Waals surface area contributed by atoms with Crippen LogP contribution in [0.4, 0.5) is 8.78 Å². The maximum absolute atomic E-state index is 13.8. The van der Waals surface area contributed by atoms with Gasteiger partial charge in [0.05, 0.1) is 10.0 Å². The number of nitrogens with one attached hydrogen (secondary N) is 1. The van der Waals surface area contributed by atoms with Gasteiger partial charge in [0.2, 0.25) is 0 Å². The molecule has 0 radical (unpaired) electrons. The van der Waals surface area contributed by atoms with Crippen LogP contribution in [-0.4, -0.2) is 7.05 Å². The molecule has 2 aromatic carbocycles. The van der Waals surface area contributed by atoms with Gasteiger partial charge in [-0.05, 0) is 43.3 Å². The zero-order valence-electron chi connectivity index (χ0n) is 10.8. The Bertz CT molecular complexity index is 597. The summed E-state index contributed by atoms with van der Waals surface area (Å²) in [5, 5.41) is 3.80. The predicted octanol–water partition coefficient (Wildman–Crippen LogP) is 4.77. The van der Waals surface area contributed by atoms with Gasteiger partial charge in [-0.3, -0.25) is 0 Å². The van der Waals surface area contributed by atoms with Crippen molar-refractivity contribution in [1.29, 1.82) is 0 Å². The van der Waals surface area contributed by atoms with Gasteiger partial charge < -0.3 is 5.32 Å². The average molecular weight is 316 g/mol. The number of halogens is 4. The van der Waals surface area contributed by atoms with E-state index in [1.54, 1.807) is 25.2 Å². The fraction of sp³-hybridized carbons (Fsp3) is 0.200. The molecule has 0 aliphatic rings. The van der Waals surface area contributed by atoms with E-state index in [1.165, 1.54) is 18.2 Å². The highest BCUT2D eigenvalue weighted by Crippen LogP contribution is 2.27. The van der Waals surface area contributed by atoms with Gasteiger partial charge in [-0.2, -0.15) is 0 Å². The third-order valence-corrected chi connectivity index (χ3v) is 3.86. The lowest BCUT2D eigenvalue weighted by atomic mass is 9.98. The van der Waals surface area contributed by atoms with E-state index in [4.69, 9.17) is 23.2 Å². The monoisotopic (exact) mass is 315 g/mol. The van der Waals surface area contributed by atoms with Crippen molar-refractivity contribution in [1.82, 2.24) is 5.32 Å². The van der Waals surface area contributed by atoms with Gasteiger partial charge in [-0.15, -0.1) is 0 Å². The summed E-state index contributed by atoms with van der Waals surface area (Å²) in [5.41, 5.74) is 0.877. The van der Waals surface area contributed by atoms with Gasteiger partial charge in [0.15, 0.2) is 0 Å². The molecule has 2 aromatic rings. The Morgan fingerprint density at radius 1 is 1.05 bits per heavy atom. The standard InChI is InChI=1S/C15H13Cl2F2N/c1-20-14(15-12(18)3-2-4-13(15)19)8-9-5-6-10(16)11(17)7-9/h2-7,14,20H,8H2,1H3. The number of hydrogen-bond donors (Lipinski definition) is 1. The molecule has 0 saturated heterocycles. The molecule has 20 heavy (non-hydrogen) atoms. The Kier molecular flexibility index (Phi) is 4.97. The molecule has 1 atom stereocenters. The molecule has 0 spiro atoms. The molecular weight excluding hydrogens is 303 g/mol. The smallest absolute Gasteiger partial charge is 0.130 e. The highest BCUT2D eigenvalue weighted by atomic mass is 35.5. The molecule has 0 heterocycles. The summed E-state index contributed by atoms with van der Waals surface area (Å²) in [4.78, 5) is 0. The number of likely N-dealkylation sites (N-methyl/N-ethyl adjacent to an activating group) is 1. The van der Waals surface area contributed by atoms with Crippen LogP contribution in [-0.2, 0) is 6.42 Å². The summed E-state index contributed by atoms with van der Waals surface area (Å²) < 4.78 is 27.6. The lowest BCUT2D eigenvalue weighted by Crippen LogP contribution is -2.21. The third kappa shape index (κ3) is 3.29. The fourth-order valence-corrected chi connectivity index (χ4v) is 2.42. The molecule has 0 bridgehead atoms. The van der Waals surface area contributed by atoms with Crippen molar-refractivity contribution in [2.45, 2.75) is 12.5 Å². The van der Waals surface area contributed by atoms with Gasteiger partial charge in [0, 0.05) is 11.6 Å².